The lowest BCUT2D eigenvalue weighted by molar-refractivity contribution is -0.142. The molecule has 6 heteroatoms. The summed E-state index contributed by atoms with van der Waals surface area (Å²) in [6.07, 6.45) is -0.543. The maximum atomic E-state index is 11.3. The van der Waals surface area contributed by atoms with Crippen molar-refractivity contribution >= 4 is 12.1 Å². The van der Waals surface area contributed by atoms with Crippen LogP contribution in [0.5, 0.6) is 0 Å². The van der Waals surface area contributed by atoms with Crippen LogP contribution in [-0.4, -0.2) is 42.0 Å². The molecule has 0 rings (SSSR count). The molecule has 0 aliphatic carbocycles. The molecule has 0 aromatic carbocycles. The van der Waals surface area contributed by atoms with Gasteiger partial charge in [0.1, 0.15) is 12.2 Å². The summed E-state index contributed by atoms with van der Waals surface area (Å²) in [5, 5.41) is 10.9. The van der Waals surface area contributed by atoms with Crippen molar-refractivity contribution in [3.63, 3.8) is 0 Å². The molecule has 0 spiro atoms. The number of aliphatic carboxylic acids is 1. The molecule has 0 aliphatic rings. The summed E-state index contributed by atoms with van der Waals surface area (Å²) in [6, 6.07) is -0.297. The molecular weight excluding hydrogens is 214 g/mol. The number of rotatable bonds is 5. The molecule has 0 fully saturated rings. The van der Waals surface area contributed by atoms with Crippen LogP contribution in [0.15, 0.2) is 0 Å². The molecule has 1 amide bonds. The molecule has 0 saturated carbocycles. The highest BCUT2D eigenvalue weighted by atomic mass is 16.6. The zero-order valence-corrected chi connectivity index (χ0v) is 10.1. The minimum absolute atomic E-state index is 0.130. The number of carboxylic acid groups (broad SMARTS) is 1. The van der Waals surface area contributed by atoms with Gasteiger partial charge in [0, 0.05) is 0 Å². The van der Waals surface area contributed by atoms with E-state index in [1.165, 1.54) is 0 Å². The molecule has 0 radical (unpaired) electrons. The van der Waals surface area contributed by atoms with Crippen molar-refractivity contribution in [1.82, 2.24) is 5.32 Å². The van der Waals surface area contributed by atoms with E-state index >= 15 is 0 Å². The number of hydrogen-bond donors (Lipinski definition) is 2. The zero-order valence-electron chi connectivity index (χ0n) is 10.1. The molecule has 0 aromatic heterocycles. The van der Waals surface area contributed by atoms with E-state index in [9.17, 15) is 9.59 Å². The molecule has 1 atom stereocenters. The van der Waals surface area contributed by atoms with E-state index in [4.69, 9.17) is 14.6 Å². The van der Waals surface area contributed by atoms with Crippen LogP contribution in [0.1, 0.15) is 27.7 Å². The van der Waals surface area contributed by atoms with Gasteiger partial charge in [-0.15, -0.1) is 0 Å². The number of carbonyl (C=O) groups excluding carboxylic acids is 1. The largest absolute Gasteiger partial charge is 0.480 e. The second kappa shape index (κ2) is 6.32. The molecule has 94 valence electrons. The average Bonchev–Trinajstić information content (AvgIpc) is 1.98. The van der Waals surface area contributed by atoms with Gasteiger partial charge in [-0.25, -0.2) is 9.59 Å². The average molecular weight is 233 g/mol. The van der Waals surface area contributed by atoms with Crippen LogP contribution in [0, 0.1) is 0 Å². The lowest BCUT2D eigenvalue weighted by atomic mass is 10.2. The summed E-state index contributed by atoms with van der Waals surface area (Å²) in [6.45, 7) is 6.74. The number of hydrogen-bond acceptors (Lipinski definition) is 4. The van der Waals surface area contributed by atoms with Gasteiger partial charge in [-0.3, -0.25) is 0 Å². The zero-order chi connectivity index (χ0) is 12.8. The van der Waals surface area contributed by atoms with E-state index in [2.05, 4.69) is 5.32 Å². The Hall–Kier alpha value is -1.30. The molecule has 16 heavy (non-hydrogen) atoms. The van der Waals surface area contributed by atoms with E-state index in [-0.39, 0.29) is 19.3 Å². The van der Waals surface area contributed by atoms with Crippen molar-refractivity contribution in [1.29, 1.82) is 0 Å². The Bertz CT molecular complexity index is 246. The molecule has 0 aliphatic heterocycles. The lowest BCUT2D eigenvalue weighted by Crippen LogP contribution is -2.40. The van der Waals surface area contributed by atoms with Crippen LogP contribution < -0.4 is 5.32 Å². The Balaban J connectivity index is 3.74. The first-order valence-electron chi connectivity index (χ1n) is 5.00. The first-order valence-corrected chi connectivity index (χ1v) is 5.00. The first-order chi connectivity index (χ1) is 7.20. The standard InChI is InChI=1S/C10H19NO5/c1-7(5-15-6-8(12)13)11-9(14)16-10(2,3)4/h7H,5-6H2,1-4H3,(H,11,14)(H,12,13). The Morgan fingerprint density at radius 2 is 1.94 bits per heavy atom. The Morgan fingerprint density at radius 3 is 2.38 bits per heavy atom. The number of carboxylic acids is 1. The molecule has 0 heterocycles. The predicted octanol–water partition coefficient (Wildman–Crippen LogP) is 1.00. The van der Waals surface area contributed by atoms with Crippen molar-refractivity contribution in [2.75, 3.05) is 13.2 Å². The summed E-state index contributed by atoms with van der Waals surface area (Å²) in [5.74, 6) is -1.04. The fraction of sp³-hybridized carbons (Fsp3) is 0.800. The highest BCUT2D eigenvalue weighted by Gasteiger charge is 2.17. The van der Waals surface area contributed by atoms with Crippen molar-refractivity contribution in [2.45, 2.75) is 39.3 Å². The minimum Gasteiger partial charge on any atom is -0.480 e. The van der Waals surface area contributed by atoms with Crippen LogP contribution in [0.4, 0.5) is 4.79 Å². The first kappa shape index (κ1) is 14.7. The van der Waals surface area contributed by atoms with Crippen molar-refractivity contribution in [3.8, 4) is 0 Å². The smallest absolute Gasteiger partial charge is 0.407 e. The summed E-state index contributed by atoms with van der Waals surface area (Å²) in [5.41, 5.74) is -0.550. The molecule has 1 unspecified atom stereocenters. The number of ether oxygens (including phenoxy) is 2. The quantitative estimate of drug-likeness (QED) is 0.740. The highest BCUT2D eigenvalue weighted by Crippen LogP contribution is 2.06. The highest BCUT2D eigenvalue weighted by molar-refractivity contribution is 5.68. The minimum atomic E-state index is -1.04. The fourth-order valence-electron chi connectivity index (χ4n) is 0.873. The topological polar surface area (TPSA) is 84.9 Å². The molecule has 0 saturated heterocycles. The van der Waals surface area contributed by atoms with Crippen LogP contribution in [0.25, 0.3) is 0 Å². The van der Waals surface area contributed by atoms with E-state index in [0.29, 0.717) is 0 Å². The molecule has 6 nitrogen and oxygen atoms in total. The monoisotopic (exact) mass is 233 g/mol. The van der Waals surface area contributed by atoms with Gasteiger partial charge in [0.25, 0.3) is 0 Å². The van der Waals surface area contributed by atoms with Gasteiger partial charge in [0.15, 0.2) is 0 Å². The molecular formula is C10H19NO5. The third kappa shape index (κ3) is 9.26. The summed E-state index contributed by atoms with van der Waals surface area (Å²) in [7, 11) is 0. The summed E-state index contributed by atoms with van der Waals surface area (Å²) in [4.78, 5) is 21.4. The number of alkyl carbamates (subject to hydrolysis) is 1. The van der Waals surface area contributed by atoms with E-state index in [1.54, 1.807) is 27.7 Å². The predicted molar refractivity (Wildman–Crippen MR) is 57.3 cm³/mol. The Kier molecular flexibility index (Phi) is 5.81. The normalized spacial score (nSPS) is 13.0. The maximum Gasteiger partial charge on any atom is 0.407 e. The van der Waals surface area contributed by atoms with Crippen LogP contribution in [0.2, 0.25) is 0 Å². The number of carbonyl (C=O) groups is 2. The molecule has 0 bridgehead atoms. The summed E-state index contributed by atoms with van der Waals surface area (Å²) < 4.78 is 9.83. The van der Waals surface area contributed by atoms with Gasteiger partial charge in [-0.1, -0.05) is 0 Å². The Morgan fingerprint density at radius 1 is 1.38 bits per heavy atom. The third-order valence-corrected chi connectivity index (χ3v) is 1.36. The van der Waals surface area contributed by atoms with Crippen molar-refractivity contribution < 1.29 is 24.2 Å². The molecule has 0 aromatic rings. The van der Waals surface area contributed by atoms with Gasteiger partial charge < -0.3 is 19.9 Å². The van der Waals surface area contributed by atoms with E-state index in [1.807, 2.05) is 0 Å². The van der Waals surface area contributed by atoms with Crippen molar-refractivity contribution in [2.24, 2.45) is 0 Å². The second-order valence-electron chi connectivity index (χ2n) is 4.46. The number of nitrogens with one attached hydrogen (secondary N) is 1. The van der Waals surface area contributed by atoms with Crippen LogP contribution in [-0.2, 0) is 14.3 Å². The van der Waals surface area contributed by atoms with Gasteiger partial charge >= 0.3 is 12.1 Å². The fourth-order valence-corrected chi connectivity index (χ4v) is 0.873. The van der Waals surface area contributed by atoms with Gasteiger partial charge in [-0.05, 0) is 27.7 Å². The van der Waals surface area contributed by atoms with Crippen LogP contribution in [0.3, 0.4) is 0 Å². The number of amides is 1. The van der Waals surface area contributed by atoms with Crippen LogP contribution >= 0.6 is 0 Å². The lowest BCUT2D eigenvalue weighted by Gasteiger charge is -2.21. The SMILES string of the molecule is CC(COCC(=O)O)NC(=O)OC(C)(C)C. The van der Waals surface area contributed by atoms with E-state index < -0.39 is 17.7 Å². The third-order valence-electron chi connectivity index (χ3n) is 1.36. The van der Waals surface area contributed by atoms with Gasteiger partial charge in [0.2, 0.25) is 0 Å². The maximum absolute atomic E-state index is 11.3. The van der Waals surface area contributed by atoms with Crippen molar-refractivity contribution in [3.05, 3.63) is 0 Å². The van der Waals surface area contributed by atoms with Gasteiger partial charge in [-0.2, -0.15) is 0 Å². The van der Waals surface area contributed by atoms with Gasteiger partial charge in [0.05, 0.1) is 12.6 Å². The molecule has 2 N–H and O–H groups in total. The van der Waals surface area contributed by atoms with E-state index in [0.717, 1.165) is 0 Å². The Labute approximate surface area is 94.9 Å². The second-order valence-corrected chi connectivity index (χ2v) is 4.46. The summed E-state index contributed by atoms with van der Waals surface area (Å²) >= 11 is 0.